The van der Waals surface area contributed by atoms with Gasteiger partial charge in [-0.15, -0.1) is 0 Å². The van der Waals surface area contributed by atoms with E-state index in [-0.39, 0.29) is 6.54 Å². The molecule has 0 bridgehead atoms. The van der Waals surface area contributed by atoms with Gasteiger partial charge >= 0.3 is 0 Å². The highest BCUT2D eigenvalue weighted by atomic mass is 16.5. The average molecular weight is 268 g/mol. The maximum atomic E-state index is 9.91. The number of hydrogen-bond acceptors (Lipinski definition) is 3. The number of ether oxygens (including phenoxy) is 1. The van der Waals surface area contributed by atoms with Gasteiger partial charge in [-0.25, -0.2) is 0 Å². The molecule has 0 spiro atoms. The van der Waals surface area contributed by atoms with E-state index in [1.165, 1.54) is 0 Å². The van der Waals surface area contributed by atoms with Gasteiger partial charge in [0.2, 0.25) is 0 Å². The number of aromatic amines is 1. The van der Waals surface area contributed by atoms with E-state index in [1.807, 2.05) is 48.5 Å². The number of aliphatic hydroxyl groups excluding tert-OH is 1. The van der Waals surface area contributed by atoms with E-state index in [4.69, 9.17) is 10.5 Å². The third-order valence-electron chi connectivity index (χ3n) is 3.25. The molecule has 20 heavy (non-hydrogen) atoms. The van der Waals surface area contributed by atoms with E-state index in [9.17, 15) is 5.11 Å². The molecule has 3 rings (SSSR count). The lowest BCUT2D eigenvalue weighted by Crippen LogP contribution is -2.10. The molecule has 0 radical (unpaired) electrons. The molecule has 1 heterocycles. The molecule has 0 saturated heterocycles. The van der Waals surface area contributed by atoms with E-state index in [2.05, 4.69) is 4.98 Å². The van der Waals surface area contributed by atoms with Gasteiger partial charge in [-0.3, -0.25) is 0 Å². The molecule has 2 aromatic carbocycles. The van der Waals surface area contributed by atoms with Crippen molar-refractivity contribution < 1.29 is 9.84 Å². The number of benzene rings is 2. The van der Waals surface area contributed by atoms with Crippen LogP contribution in [0.5, 0.6) is 11.5 Å². The molecule has 1 unspecified atom stereocenters. The second-order valence-corrected chi connectivity index (χ2v) is 4.62. The van der Waals surface area contributed by atoms with Gasteiger partial charge in [-0.1, -0.05) is 18.2 Å². The summed E-state index contributed by atoms with van der Waals surface area (Å²) in [6, 6.07) is 15.3. The number of fused-ring (bicyclic) bond motifs is 1. The molecule has 1 atom stereocenters. The van der Waals surface area contributed by atoms with Gasteiger partial charge < -0.3 is 20.6 Å². The minimum Gasteiger partial charge on any atom is -0.457 e. The van der Waals surface area contributed by atoms with E-state index in [1.54, 1.807) is 6.20 Å². The number of aliphatic hydroxyl groups is 1. The molecule has 4 nitrogen and oxygen atoms in total. The van der Waals surface area contributed by atoms with E-state index in [0.717, 1.165) is 28.0 Å². The van der Waals surface area contributed by atoms with Gasteiger partial charge in [0.25, 0.3) is 0 Å². The highest BCUT2D eigenvalue weighted by Crippen LogP contribution is 2.29. The first kappa shape index (κ1) is 12.7. The van der Waals surface area contributed by atoms with Crippen LogP contribution in [-0.2, 0) is 0 Å². The molecule has 0 aliphatic rings. The van der Waals surface area contributed by atoms with Gasteiger partial charge in [0.05, 0.1) is 6.10 Å². The summed E-state index contributed by atoms with van der Waals surface area (Å²) in [7, 11) is 0. The molecular formula is C16H16N2O2. The number of rotatable bonds is 4. The van der Waals surface area contributed by atoms with Crippen LogP contribution >= 0.6 is 0 Å². The molecule has 0 aliphatic heterocycles. The normalized spacial score (nSPS) is 12.5. The molecule has 0 amide bonds. The van der Waals surface area contributed by atoms with Gasteiger partial charge in [0.15, 0.2) is 0 Å². The predicted molar refractivity (Wildman–Crippen MR) is 78.8 cm³/mol. The smallest absolute Gasteiger partial charge is 0.128 e. The van der Waals surface area contributed by atoms with Crippen LogP contribution in [0.3, 0.4) is 0 Å². The number of nitrogens with one attached hydrogen (secondary N) is 1. The van der Waals surface area contributed by atoms with Crippen molar-refractivity contribution in [2.75, 3.05) is 6.54 Å². The van der Waals surface area contributed by atoms with Crippen LogP contribution in [-0.4, -0.2) is 16.6 Å². The van der Waals surface area contributed by atoms with E-state index < -0.39 is 6.10 Å². The van der Waals surface area contributed by atoms with Crippen molar-refractivity contribution in [3.63, 3.8) is 0 Å². The Bertz CT molecular complexity index is 707. The molecule has 3 aromatic rings. The van der Waals surface area contributed by atoms with Crippen LogP contribution in [0.15, 0.2) is 54.7 Å². The first-order valence-corrected chi connectivity index (χ1v) is 6.50. The second kappa shape index (κ2) is 5.36. The van der Waals surface area contributed by atoms with Crippen molar-refractivity contribution in [3.8, 4) is 11.5 Å². The Morgan fingerprint density at radius 1 is 1.10 bits per heavy atom. The first-order chi connectivity index (χ1) is 9.78. The Hall–Kier alpha value is -2.30. The van der Waals surface area contributed by atoms with Crippen molar-refractivity contribution in [2.24, 2.45) is 5.73 Å². The van der Waals surface area contributed by atoms with Crippen molar-refractivity contribution in [1.82, 2.24) is 4.98 Å². The number of H-pyrrole nitrogens is 1. The summed E-state index contributed by atoms with van der Waals surface area (Å²) in [5.41, 5.74) is 7.27. The number of para-hydroxylation sites is 1. The fraction of sp³-hybridized carbons (Fsp3) is 0.125. The molecule has 4 N–H and O–H groups in total. The van der Waals surface area contributed by atoms with Gasteiger partial charge in [-0.2, -0.15) is 0 Å². The third-order valence-corrected chi connectivity index (χ3v) is 3.25. The lowest BCUT2D eigenvalue weighted by molar-refractivity contribution is 0.188. The topological polar surface area (TPSA) is 71.3 Å². The van der Waals surface area contributed by atoms with Gasteiger partial charge in [0.1, 0.15) is 11.5 Å². The molecular weight excluding hydrogens is 252 g/mol. The van der Waals surface area contributed by atoms with Gasteiger partial charge in [-0.05, 0) is 30.3 Å². The SMILES string of the molecule is NCC(O)c1c[nH]c2ccc(Oc3ccccc3)cc12. The predicted octanol–water partition coefficient (Wildman–Crippen LogP) is 2.95. The molecule has 1 aromatic heterocycles. The summed E-state index contributed by atoms with van der Waals surface area (Å²) in [4.78, 5) is 3.12. The summed E-state index contributed by atoms with van der Waals surface area (Å²) in [5, 5.41) is 10.8. The fourth-order valence-corrected chi connectivity index (χ4v) is 2.21. The van der Waals surface area contributed by atoms with Crippen LogP contribution < -0.4 is 10.5 Å². The largest absolute Gasteiger partial charge is 0.457 e. The minimum atomic E-state index is -0.671. The summed E-state index contributed by atoms with van der Waals surface area (Å²) in [6.45, 7) is 0.191. The second-order valence-electron chi connectivity index (χ2n) is 4.62. The molecule has 4 heteroatoms. The highest BCUT2D eigenvalue weighted by molar-refractivity contribution is 5.85. The van der Waals surface area contributed by atoms with Gasteiger partial charge in [0, 0.05) is 29.2 Å². The van der Waals surface area contributed by atoms with Crippen LogP contribution in [0.25, 0.3) is 10.9 Å². The van der Waals surface area contributed by atoms with Crippen LogP contribution in [0, 0.1) is 0 Å². The summed E-state index contributed by atoms with van der Waals surface area (Å²) in [5.74, 6) is 1.51. The number of nitrogens with two attached hydrogens (primary N) is 1. The van der Waals surface area contributed by atoms with Crippen molar-refractivity contribution in [1.29, 1.82) is 0 Å². The number of aromatic nitrogens is 1. The van der Waals surface area contributed by atoms with E-state index in [0.29, 0.717) is 0 Å². The standard InChI is InChI=1S/C16H16N2O2/c17-9-16(19)14-10-18-15-7-6-12(8-13(14)15)20-11-4-2-1-3-5-11/h1-8,10,16,18-19H,9,17H2. The Morgan fingerprint density at radius 2 is 1.90 bits per heavy atom. The fourth-order valence-electron chi connectivity index (χ4n) is 2.21. The third kappa shape index (κ3) is 2.39. The maximum Gasteiger partial charge on any atom is 0.128 e. The summed E-state index contributed by atoms with van der Waals surface area (Å²) in [6.07, 6.45) is 1.12. The highest BCUT2D eigenvalue weighted by Gasteiger charge is 2.12. The number of hydrogen-bond donors (Lipinski definition) is 3. The van der Waals surface area contributed by atoms with Crippen molar-refractivity contribution in [2.45, 2.75) is 6.10 Å². The van der Waals surface area contributed by atoms with Crippen molar-refractivity contribution in [3.05, 3.63) is 60.3 Å². The zero-order chi connectivity index (χ0) is 13.9. The van der Waals surface area contributed by atoms with Crippen LogP contribution in [0.1, 0.15) is 11.7 Å². The molecule has 0 fully saturated rings. The molecule has 0 aliphatic carbocycles. The van der Waals surface area contributed by atoms with E-state index >= 15 is 0 Å². The summed E-state index contributed by atoms with van der Waals surface area (Å²) >= 11 is 0. The zero-order valence-electron chi connectivity index (χ0n) is 10.9. The Kier molecular flexibility index (Phi) is 3.41. The lowest BCUT2D eigenvalue weighted by atomic mass is 10.1. The first-order valence-electron chi connectivity index (χ1n) is 6.50. The zero-order valence-corrected chi connectivity index (χ0v) is 10.9. The van der Waals surface area contributed by atoms with Crippen LogP contribution in [0.4, 0.5) is 0 Å². The molecule has 0 saturated carbocycles. The lowest BCUT2D eigenvalue weighted by Gasteiger charge is -2.08. The summed E-state index contributed by atoms with van der Waals surface area (Å²) < 4.78 is 5.80. The van der Waals surface area contributed by atoms with Crippen LogP contribution in [0.2, 0.25) is 0 Å². The maximum absolute atomic E-state index is 9.91. The Morgan fingerprint density at radius 3 is 2.65 bits per heavy atom. The monoisotopic (exact) mass is 268 g/mol. The minimum absolute atomic E-state index is 0.191. The Labute approximate surface area is 116 Å². The molecule has 102 valence electrons. The van der Waals surface area contributed by atoms with Crippen molar-refractivity contribution >= 4 is 10.9 Å². The average Bonchev–Trinajstić information content (AvgIpc) is 2.91. The quantitative estimate of drug-likeness (QED) is 0.681. The Balaban J connectivity index is 1.97.